The Kier molecular flexibility index (Phi) is 6.45. The van der Waals surface area contributed by atoms with Crippen molar-refractivity contribution in [2.75, 3.05) is 11.5 Å². The van der Waals surface area contributed by atoms with Crippen LogP contribution in [0.5, 0.6) is 0 Å². The van der Waals surface area contributed by atoms with E-state index in [1.807, 2.05) is 36.4 Å². The van der Waals surface area contributed by atoms with Crippen LogP contribution in [0.2, 0.25) is 10.0 Å². The Hall–Kier alpha value is -3.34. The van der Waals surface area contributed by atoms with Crippen molar-refractivity contribution < 1.29 is 14.3 Å². The molecule has 1 aliphatic heterocycles. The van der Waals surface area contributed by atoms with E-state index in [0.717, 1.165) is 11.3 Å². The lowest BCUT2D eigenvalue weighted by Crippen LogP contribution is -2.25. The number of esters is 1. The van der Waals surface area contributed by atoms with E-state index in [2.05, 4.69) is 0 Å². The average molecular weight is 464 g/mol. The summed E-state index contributed by atoms with van der Waals surface area (Å²) in [6, 6.07) is 21.6. The Morgan fingerprint density at radius 1 is 1.00 bits per heavy atom. The fourth-order valence-corrected chi connectivity index (χ4v) is 3.90. The molecule has 3 aromatic rings. The smallest absolute Gasteiger partial charge is 0.338 e. The van der Waals surface area contributed by atoms with Gasteiger partial charge in [-0.3, -0.25) is 9.69 Å². The predicted molar refractivity (Wildman–Crippen MR) is 129 cm³/mol. The number of ether oxygens (including phenoxy) is 1. The molecule has 0 saturated carbocycles. The fourth-order valence-electron chi connectivity index (χ4n) is 3.44. The minimum absolute atomic E-state index is 0.196. The summed E-state index contributed by atoms with van der Waals surface area (Å²) < 4.78 is 5.05. The summed E-state index contributed by atoms with van der Waals surface area (Å²) in [4.78, 5) is 27.1. The van der Waals surface area contributed by atoms with Crippen molar-refractivity contribution in [1.29, 1.82) is 0 Å². The fraction of sp³-hybridized carbons (Fsp3) is 0.0769. The third-order valence-corrected chi connectivity index (χ3v) is 5.53. The van der Waals surface area contributed by atoms with Crippen molar-refractivity contribution >= 4 is 52.5 Å². The molecule has 0 spiro atoms. The van der Waals surface area contributed by atoms with Crippen LogP contribution >= 0.6 is 23.2 Å². The lowest BCUT2D eigenvalue weighted by Gasteiger charge is -2.21. The molecule has 4 nitrogen and oxygen atoms in total. The van der Waals surface area contributed by atoms with Crippen LogP contribution in [0, 0.1) is 0 Å². The van der Waals surface area contributed by atoms with Gasteiger partial charge in [-0.2, -0.15) is 0 Å². The number of amides is 1. The van der Waals surface area contributed by atoms with Gasteiger partial charge >= 0.3 is 5.97 Å². The van der Waals surface area contributed by atoms with Gasteiger partial charge in [0.1, 0.15) is 0 Å². The molecule has 0 atom stereocenters. The average Bonchev–Trinajstić information content (AvgIpc) is 3.12. The molecule has 6 heteroatoms. The summed E-state index contributed by atoms with van der Waals surface area (Å²) in [5, 5.41) is 0.989. The van der Waals surface area contributed by atoms with Gasteiger partial charge < -0.3 is 4.74 Å². The topological polar surface area (TPSA) is 46.6 Å². The van der Waals surface area contributed by atoms with E-state index < -0.39 is 5.97 Å². The standard InChI is InChI=1S/C26H19Cl2NO3/c1-2-32-26(31)18-9-12-22(13-10-18)29-24(17-6-4-3-5-7-17)15-20(25(29)30)14-19-8-11-21(27)16-23(19)28/h3-16H,2H2,1H3/b20-14+. The van der Waals surface area contributed by atoms with Gasteiger partial charge in [-0.25, -0.2) is 4.79 Å². The second-order valence-corrected chi connectivity index (χ2v) is 7.91. The second-order valence-electron chi connectivity index (χ2n) is 7.07. The third kappa shape index (κ3) is 4.47. The summed E-state index contributed by atoms with van der Waals surface area (Å²) in [6.45, 7) is 2.06. The van der Waals surface area contributed by atoms with E-state index in [-0.39, 0.29) is 5.91 Å². The first-order valence-electron chi connectivity index (χ1n) is 10.0. The number of halogens is 2. The second kappa shape index (κ2) is 9.43. The Labute approximate surface area is 196 Å². The first kappa shape index (κ1) is 21.9. The molecule has 0 fully saturated rings. The highest BCUT2D eigenvalue weighted by Gasteiger charge is 2.30. The maximum atomic E-state index is 13.4. The van der Waals surface area contributed by atoms with Crippen molar-refractivity contribution in [3.8, 4) is 0 Å². The molecular formula is C26H19Cl2NO3. The Morgan fingerprint density at radius 2 is 1.72 bits per heavy atom. The van der Waals surface area contributed by atoms with Gasteiger partial charge in [0.2, 0.25) is 0 Å². The highest BCUT2D eigenvalue weighted by molar-refractivity contribution is 6.35. The van der Waals surface area contributed by atoms with Crippen LogP contribution in [-0.4, -0.2) is 18.5 Å². The Bertz CT molecular complexity index is 1230. The molecule has 160 valence electrons. The van der Waals surface area contributed by atoms with Gasteiger partial charge in [-0.15, -0.1) is 0 Å². The summed E-state index contributed by atoms with van der Waals surface area (Å²) >= 11 is 12.3. The molecule has 1 amide bonds. The Balaban J connectivity index is 1.76. The van der Waals surface area contributed by atoms with Gasteiger partial charge in [-0.1, -0.05) is 59.6 Å². The van der Waals surface area contributed by atoms with Gasteiger partial charge in [-0.05, 0) is 66.6 Å². The lowest BCUT2D eigenvalue weighted by molar-refractivity contribution is -0.113. The molecule has 0 unspecified atom stereocenters. The van der Waals surface area contributed by atoms with Crippen LogP contribution in [0.3, 0.4) is 0 Å². The minimum Gasteiger partial charge on any atom is -0.462 e. The molecule has 1 aliphatic rings. The van der Waals surface area contributed by atoms with E-state index >= 15 is 0 Å². The van der Waals surface area contributed by atoms with Gasteiger partial charge in [0.25, 0.3) is 5.91 Å². The summed E-state index contributed by atoms with van der Waals surface area (Å²) in [6.07, 6.45) is 3.58. The van der Waals surface area contributed by atoms with Gasteiger partial charge in [0.15, 0.2) is 0 Å². The highest BCUT2D eigenvalue weighted by Crippen LogP contribution is 2.36. The number of hydrogen-bond donors (Lipinski definition) is 0. The van der Waals surface area contributed by atoms with Crippen molar-refractivity contribution in [3.63, 3.8) is 0 Å². The van der Waals surface area contributed by atoms with Crippen molar-refractivity contribution in [2.45, 2.75) is 6.92 Å². The van der Waals surface area contributed by atoms with E-state index in [4.69, 9.17) is 27.9 Å². The van der Waals surface area contributed by atoms with Crippen molar-refractivity contribution in [2.24, 2.45) is 0 Å². The largest absolute Gasteiger partial charge is 0.462 e. The van der Waals surface area contributed by atoms with Crippen LogP contribution in [-0.2, 0) is 9.53 Å². The SMILES string of the molecule is CCOC(=O)c1ccc(N2C(=O)/C(=C/c3ccc(Cl)cc3Cl)C=C2c2ccccc2)cc1. The number of rotatable bonds is 5. The first-order valence-corrected chi connectivity index (χ1v) is 10.8. The quantitative estimate of drug-likeness (QED) is 0.314. The van der Waals surface area contributed by atoms with Crippen LogP contribution in [0.4, 0.5) is 5.69 Å². The zero-order valence-corrected chi connectivity index (χ0v) is 18.7. The van der Waals surface area contributed by atoms with Gasteiger partial charge in [0, 0.05) is 21.3 Å². The monoisotopic (exact) mass is 463 g/mol. The molecule has 0 bridgehead atoms. The molecule has 0 radical (unpaired) electrons. The molecule has 0 saturated heterocycles. The number of anilines is 1. The molecule has 4 rings (SSSR count). The maximum Gasteiger partial charge on any atom is 0.338 e. The molecule has 32 heavy (non-hydrogen) atoms. The molecule has 1 heterocycles. The first-order chi connectivity index (χ1) is 15.5. The number of carbonyl (C=O) groups is 2. The normalized spacial score (nSPS) is 14.6. The number of benzene rings is 3. The number of carbonyl (C=O) groups excluding carboxylic acids is 2. The van der Waals surface area contributed by atoms with E-state index in [1.165, 1.54) is 0 Å². The number of nitrogens with zero attached hydrogens (tertiary/aromatic N) is 1. The highest BCUT2D eigenvalue weighted by atomic mass is 35.5. The lowest BCUT2D eigenvalue weighted by atomic mass is 10.1. The zero-order valence-electron chi connectivity index (χ0n) is 17.2. The number of hydrogen-bond acceptors (Lipinski definition) is 3. The zero-order chi connectivity index (χ0) is 22.7. The molecule has 0 N–H and O–H groups in total. The maximum absolute atomic E-state index is 13.4. The summed E-state index contributed by atoms with van der Waals surface area (Å²) in [5.74, 6) is -0.595. The van der Waals surface area contributed by atoms with Crippen LogP contribution < -0.4 is 4.90 Å². The van der Waals surface area contributed by atoms with Crippen molar-refractivity contribution in [3.05, 3.63) is 111 Å². The van der Waals surface area contributed by atoms with Crippen molar-refractivity contribution in [1.82, 2.24) is 0 Å². The summed E-state index contributed by atoms with van der Waals surface area (Å²) in [7, 11) is 0. The van der Waals surface area contributed by atoms with E-state index in [1.54, 1.807) is 60.4 Å². The van der Waals surface area contributed by atoms with Crippen LogP contribution in [0.25, 0.3) is 11.8 Å². The molecular weight excluding hydrogens is 445 g/mol. The molecule has 0 aliphatic carbocycles. The Morgan fingerprint density at radius 3 is 2.38 bits per heavy atom. The molecule has 3 aromatic carbocycles. The van der Waals surface area contributed by atoms with Crippen LogP contribution in [0.15, 0.2) is 84.4 Å². The van der Waals surface area contributed by atoms with E-state index in [0.29, 0.717) is 39.0 Å². The predicted octanol–water partition coefficient (Wildman–Crippen LogP) is 6.64. The van der Waals surface area contributed by atoms with Gasteiger partial charge in [0.05, 0.1) is 17.9 Å². The van der Waals surface area contributed by atoms with E-state index in [9.17, 15) is 9.59 Å². The van der Waals surface area contributed by atoms with Crippen LogP contribution in [0.1, 0.15) is 28.4 Å². The minimum atomic E-state index is -0.399. The summed E-state index contributed by atoms with van der Waals surface area (Å²) in [5.41, 5.74) is 3.88. The third-order valence-electron chi connectivity index (χ3n) is 4.96. The molecule has 0 aromatic heterocycles.